The summed E-state index contributed by atoms with van der Waals surface area (Å²) in [5.74, 6) is 0.732. The van der Waals surface area contributed by atoms with Crippen molar-refractivity contribution in [3.8, 4) is 0 Å². The van der Waals surface area contributed by atoms with E-state index >= 15 is 0 Å². The van der Waals surface area contributed by atoms with E-state index in [4.69, 9.17) is 21.1 Å². The topological polar surface area (TPSA) is 39.0 Å². The zero-order valence-electron chi connectivity index (χ0n) is 12.0. The van der Waals surface area contributed by atoms with Crippen LogP contribution in [-0.4, -0.2) is 40.5 Å². The summed E-state index contributed by atoms with van der Waals surface area (Å²) in [4.78, 5) is 6.78. The summed E-state index contributed by atoms with van der Waals surface area (Å²) in [5.41, 5.74) is 2.55. The average Bonchev–Trinajstić information content (AvgIpc) is 3.06. The number of piperidine rings is 1. The molecular weight excluding hydrogens is 302 g/mol. The lowest BCUT2D eigenvalue weighted by molar-refractivity contribution is -0.380. The summed E-state index contributed by atoms with van der Waals surface area (Å²) in [6.45, 7) is 2.47. The normalized spacial score (nSPS) is 37.4. The number of pyridine rings is 1. The van der Waals surface area contributed by atoms with Crippen LogP contribution in [0.5, 0.6) is 0 Å². The maximum atomic E-state index is 6.30. The van der Waals surface area contributed by atoms with E-state index in [1.165, 1.54) is 18.5 Å². The number of imidazole rings is 1. The second-order valence-electron chi connectivity index (χ2n) is 6.89. The molecule has 6 heteroatoms. The third-order valence-electron chi connectivity index (χ3n) is 6.37. The molecule has 3 atom stereocenters. The number of rotatable bonds is 1. The van der Waals surface area contributed by atoms with Crippen molar-refractivity contribution in [1.82, 2.24) is 9.38 Å². The van der Waals surface area contributed by atoms with Gasteiger partial charge in [-0.05, 0) is 18.9 Å². The fourth-order valence-corrected chi connectivity index (χ4v) is 5.66. The first kappa shape index (κ1) is 12.2. The molecule has 4 aliphatic rings. The molecule has 114 valence electrons. The SMILES string of the molecule is Clc1cc(N2CC3C4(OCCO4)C4CCC432)c2cncn2c1. The third kappa shape index (κ3) is 1.08. The summed E-state index contributed by atoms with van der Waals surface area (Å²) in [7, 11) is 0. The van der Waals surface area contributed by atoms with Crippen molar-refractivity contribution in [3.05, 3.63) is 29.8 Å². The predicted octanol–water partition coefficient (Wildman–Crippen LogP) is 2.33. The largest absolute Gasteiger partial charge is 0.362 e. The second-order valence-corrected chi connectivity index (χ2v) is 7.33. The van der Waals surface area contributed by atoms with Crippen LogP contribution < -0.4 is 4.90 Å². The molecule has 2 aliphatic carbocycles. The number of anilines is 1. The first-order valence-electron chi connectivity index (χ1n) is 7.92. The molecule has 2 saturated carbocycles. The molecule has 2 saturated heterocycles. The molecule has 4 fully saturated rings. The highest BCUT2D eigenvalue weighted by molar-refractivity contribution is 6.31. The number of aromatic nitrogens is 2. The zero-order chi connectivity index (χ0) is 14.5. The van der Waals surface area contributed by atoms with Gasteiger partial charge in [-0.25, -0.2) is 4.98 Å². The highest BCUT2D eigenvalue weighted by Gasteiger charge is 2.84. The van der Waals surface area contributed by atoms with Crippen LogP contribution in [0.25, 0.3) is 5.52 Å². The van der Waals surface area contributed by atoms with E-state index in [0.717, 1.165) is 30.3 Å². The van der Waals surface area contributed by atoms with Gasteiger partial charge in [0.1, 0.15) is 0 Å². The molecule has 3 unspecified atom stereocenters. The Morgan fingerprint density at radius 2 is 2.14 bits per heavy atom. The monoisotopic (exact) mass is 317 g/mol. The molecule has 0 amide bonds. The molecule has 2 aromatic rings. The van der Waals surface area contributed by atoms with Gasteiger partial charge in [0.05, 0.1) is 53.4 Å². The van der Waals surface area contributed by atoms with E-state index in [1.807, 2.05) is 23.1 Å². The van der Waals surface area contributed by atoms with E-state index in [-0.39, 0.29) is 11.3 Å². The van der Waals surface area contributed by atoms with Gasteiger partial charge in [-0.2, -0.15) is 0 Å². The van der Waals surface area contributed by atoms with Crippen molar-refractivity contribution in [1.29, 1.82) is 0 Å². The molecule has 5 nitrogen and oxygen atoms in total. The van der Waals surface area contributed by atoms with Gasteiger partial charge in [-0.15, -0.1) is 0 Å². The van der Waals surface area contributed by atoms with Gasteiger partial charge in [0, 0.05) is 18.7 Å². The third-order valence-corrected chi connectivity index (χ3v) is 6.58. The molecule has 2 aliphatic heterocycles. The maximum absolute atomic E-state index is 6.30. The predicted molar refractivity (Wildman–Crippen MR) is 81.1 cm³/mol. The van der Waals surface area contributed by atoms with E-state index < -0.39 is 0 Å². The first-order chi connectivity index (χ1) is 10.8. The van der Waals surface area contributed by atoms with Gasteiger partial charge in [0.2, 0.25) is 0 Å². The quantitative estimate of drug-likeness (QED) is 0.809. The molecule has 4 heterocycles. The Hall–Kier alpha value is -1.30. The minimum atomic E-state index is -0.274. The highest BCUT2D eigenvalue weighted by atomic mass is 35.5. The van der Waals surface area contributed by atoms with Gasteiger partial charge in [-0.1, -0.05) is 11.6 Å². The number of fused-ring (bicyclic) bond motifs is 3. The Balaban J connectivity index is 1.45. The molecule has 6 rings (SSSR count). The van der Waals surface area contributed by atoms with Crippen molar-refractivity contribution < 1.29 is 9.47 Å². The minimum absolute atomic E-state index is 0.236. The summed E-state index contributed by atoms with van der Waals surface area (Å²) < 4.78 is 14.1. The maximum Gasteiger partial charge on any atom is 0.180 e. The summed E-state index contributed by atoms with van der Waals surface area (Å²) in [6.07, 6.45) is 8.06. The first-order valence-corrected chi connectivity index (χ1v) is 8.30. The van der Waals surface area contributed by atoms with Gasteiger partial charge in [0.15, 0.2) is 5.79 Å². The fraction of sp³-hybridized carbons (Fsp3) is 0.562. The minimum Gasteiger partial charge on any atom is -0.362 e. The van der Waals surface area contributed by atoms with E-state index in [9.17, 15) is 0 Å². The van der Waals surface area contributed by atoms with Crippen molar-refractivity contribution >= 4 is 22.8 Å². The van der Waals surface area contributed by atoms with Crippen LogP contribution in [0.2, 0.25) is 5.02 Å². The summed E-state index contributed by atoms with van der Waals surface area (Å²) in [5, 5.41) is 0.749. The lowest BCUT2D eigenvalue weighted by Gasteiger charge is -2.82. The van der Waals surface area contributed by atoms with E-state index in [2.05, 4.69) is 16.0 Å². The zero-order valence-corrected chi connectivity index (χ0v) is 12.8. The van der Waals surface area contributed by atoms with Crippen LogP contribution in [0, 0.1) is 11.8 Å². The smallest absolute Gasteiger partial charge is 0.180 e. The standard InChI is InChI=1S/C16H16ClN3O2/c17-10-5-11(12-6-18-9-19(12)7-10)20-8-14-15(20)2-1-13(15)16(14)21-3-4-22-16/h5-7,9,13-14H,1-4,8H2. The van der Waals surface area contributed by atoms with E-state index in [0.29, 0.717) is 11.8 Å². The van der Waals surface area contributed by atoms with Crippen LogP contribution in [0.1, 0.15) is 12.8 Å². The van der Waals surface area contributed by atoms with Gasteiger partial charge < -0.3 is 18.8 Å². The fourth-order valence-electron chi connectivity index (χ4n) is 5.45. The molecular formula is C16H16ClN3O2. The Bertz CT molecular complexity index is 790. The number of halogens is 1. The van der Waals surface area contributed by atoms with Crippen LogP contribution in [0.4, 0.5) is 5.69 Å². The van der Waals surface area contributed by atoms with Crippen molar-refractivity contribution in [2.45, 2.75) is 24.2 Å². The highest BCUT2D eigenvalue weighted by Crippen LogP contribution is 2.74. The molecule has 2 spiro atoms. The summed E-state index contributed by atoms with van der Waals surface area (Å²) in [6, 6.07) is 2.07. The van der Waals surface area contributed by atoms with Crippen LogP contribution >= 0.6 is 11.6 Å². The van der Waals surface area contributed by atoms with Gasteiger partial charge >= 0.3 is 0 Å². The Labute approximate surface area is 132 Å². The van der Waals surface area contributed by atoms with E-state index in [1.54, 1.807) is 0 Å². The molecule has 0 bridgehead atoms. The molecule has 22 heavy (non-hydrogen) atoms. The lowest BCUT2D eigenvalue weighted by atomic mass is 9.38. The molecule has 0 N–H and O–H groups in total. The van der Waals surface area contributed by atoms with Crippen LogP contribution in [-0.2, 0) is 9.47 Å². The number of ether oxygens (including phenoxy) is 2. The summed E-state index contributed by atoms with van der Waals surface area (Å²) >= 11 is 6.30. The van der Waals surface area contributed by atoms with Crippen molar-refractivity contribution in [2.24, 2.45) is 11.8 Å². The van der Waals surface area contributed by atoms with Crippen LogP contribution in [0.3, 0.4) is 0 Å². The van der Waals surface area contributed by atoms with Gasteiger partial charge in [-0.3, -0.25) is 0 Å². The van der Waals surface area contributed by atoms with Crippen molar-refractivity contribution in [2.75, 3.05) is 24.7 Å². The molecule has 0 radical (unpaired) electrons. The Morgan fingerprint density at radius 3 is 2.86 bits per heavy atom. The number of nitrogens with zero attached hydrogens (tertiary/aromatic N) is 3. The molecule has 2 aromatic heterocycles. The van der Waals surface area contributed by atoms with Gasteiger partial charge in [0.25, 0.3) is 0 Å². The number of hydrogen-bond donors (Lipinski definition) is 0. The van der Waals surface area contributed by atoms with Crippen molar-refractivity contribution in [3.63, 3.8) is 0 Å². The molecule has 0 aromatic carbocycles. The van der Waals surface area contributed by atoms with Crippen LogP contribution in [0.15, 0.2) is 24.8 Å². The second kappa shape index (κ2) is 3.61. The Kier molecular flexibility index (Phi) is 1.99. The Morgan fingerprint density at radius 1 is 1.27 bits per heavy atom. The average molecular weight is 318 g/mol. The number of hydrogen-bond acceptors (Lipinski definition) is 4. The lowest BCUT2D eigenvalue weighted by Crippen LogP contribution is -2.93.